The van der Waals surface area contributed by atoms with Crippen LogP contribution in [0.3, 0.4) is 0 Å². The third kappa shape index (κ3) is 3.82. The molecule has 2 rings (SSSR count). The van der Waals surface area contributed by atoms with Gasteiger partial charge in [0.2, 0.25) is 0 Å². The Bertz CT molecular complexity index is 491. The summed E-state index contributed by atoms with van der Waals surface area (Å²) in [6, 6.07) is 7.74. The third-order valence-corrected chi connectivity index (χ3v) is 3.85. The number of hydrogen-bond acceptors (Lipinski definition) is 3. The Labute approximate surface area is 125 Å². The maximum absolute atomic E-state index is 12.3. The molecule has 0 saturated carbocycles. The van der Waals surface area contributed by atoms with Gasteiger partial charge in [-0.3, -0.25) is 9.59 Å². The molecule has 0 unspecified atom stereocenters. The van der Waals surface area contributed by atoms with E-state index in [-0.39, 0.29) is 0 Å². The van der Waals surface area contributed by atoms with Crippen LogP contribution >= 0.6 is 0 Å². The Morgan fingerprint density at radius 3 is 2.57 bits per heavy atom. The summed E-state index contributed by atoms with van der Waals surface area (Å²) in [6.07, 6.45) is 1.84. The largest absolute Gasteiger partial charge is 0.333 e. The van der Waals surface area contributed by atoms with Gasteiger partial charge < -0.3 is 15.1 Å². The van der Waals surface area contributed by atoms with Crippen molar-refractivity contribution in [3.05, 3.63) is 29.8 Å². The molecule has 1 aromatic carbocycles. The summed E-state index contributed by atoms with van der Waals surface area (Å²) in [7, 11) is 1.65. The van der Waals surface area contributed by atoms with Crippen LogP contribution in [0, 0.1) is 0 Å². The Balaban J connectivity index is 2.04. The van der Waals surface area contributed by atoms with Gasteiger partial charge in [0, 0.05) is 32.4 Å². The van der Waals surface area contributed by atoms with Gasteiger partial charge in [0.25, 0.3) is 0 Å². The second-order valence-corrected chi connectivity index (χ2v) is 5.28. The molecule has 21 heavy (non-hydrogen) atoms. The van der Waals surface area contributed by atoms with Crippen LogP contribution in [0.15, 0.2) is 24.3 Å². The molecule has 1 aromatic rings. The summed E-state index contributed by atoms with van der Waals surface area (Å²) in [6.45, 7) is 4.95. The number of aryl methyl sites for hydroxylation is 1. The minimum atomic E-state index is -0.471. The number of benzene rings is 1. The molecule has 1 aliphatic rings. The topological polar surface area (TPSA) is 52.7 Å². The zero-order chi connectivity index (χ0) is 15.2. The van der Waals surface area contributed by atoms with E-state index in [1.807, 2.05) is 24.3 Å². The summed E-state index contributed by atoms with van der Waals surface area (Å²) in [5.74, 6) is -0.887. The number of carbonyl (C=O) groups is 2. The molecule has 0 aromatic heterocycles. The molecule has 1 heterocycles. The van der Waals surface area contributed by atoms with Gasteiger partial charge in [-0.2, -0.15) is 0 Å². The first kappa shape index (κ1) is 15.5. The molecule has 5 nitrogen and oxygen atoms in total. The monoisotopic (exact) mass is 289 g/mol. The molecule has 1 aliphatic heterocycles. The van der Waals surface area contributed by atoms with Crippen LogP contribution in [0.2, 0.25) is 0 Å². The molecule has 1 saturated heterocycles. The van der Waals surface area contributed by atoms with Crippen LogP contribution < -0.4 is 10.2 Å². The molecule has 1 fully saturated rings. The van der Waals surface area contributed by atoms with E-state index >= 15 is 0 Å². The summed E-state index contributed by atoms with van der Waals surface area (Å²) >= 11 is 0. The Hall–Kier alpha value is -1.88. The van der Waals surface area contributed by atoms with Crippen molar-refractivity contribution in [1.82, 2.24) is 10.2 Å². The van der Waals surface area contributed by atoms with Gasteiger partial charge in [0.05, 0.1) is 0 Å². The second kappa shape index (κ2) is 7.22. The zero-order valence-corrected chi connectivity index (χ0v) is 12.8. The summed E-state index contributed by atoms with van der Waals surface area (Å²) in [5.41, 5.74) is 1.96. The summed E-state index contributed by atoms with van der Waals surface area (Å²) < 4.78 is 0. The van der Waals surface area contributed by atoms with Crippen LogP contribution in [0.25, 0.3) is 0 Å². The van der Waals surface area contributed by atoms with E-state index in [1.54, 1.807) is 11.9 Å². The third-order valence-electron chi connectivity index (χ3n) is 3.85. The van der Waals surface area contributed by atoms with Crippen molar-refractivity contribution in [1.29, 1.82) is 0 Å². The van der Waals surface area contributed by atoms with Crippen molar-refractivity contribution in [2.45, 2.75) is 19.8 Å². The van der Waals surface area contributed by atoms with Gasteiger partial charge in [0.1, 0.15) is 0 Å². The van der Waals surface area contributed by atoms with E-state index in [4.69, 9.17) is 0 Å². The molecule has 0 bridgehead atoms. The first-order chi connectivity index (χ1) is 10.1. The number of hydrogen-bond donors (Lipinski definition) is 1. The van der Waals surface area contributed by atoms with Crippen LogP contribution in [-0.2, 0) is 16.0 Å². The predicted octanol–water partition coefficient (Wildman–Crippen LogP) is 1.03. The average molecular weight is 289 g/mol. The smallest absolute Gasteiger partial charge is 0.316 e. The lowest BCUT2D eigenvalue weighted by Gasteiger charge is -2.23. The minimum absolute atomic E-state index is 0.416. The maximum atomic E-state index is 12.3. The van der Waals surface area contributed by atoms with Gasteiger partial charge in [0.15, 0.2) is 0 Å². The molecule has 0 radical (unpaired) electrons. The van der Waals surface area contributed by atoms with Crippen LogP contribution in [0.4, 0.5) is 5.69 Å². The maximum Gasteiger partial charge on any atom is 0.316 e. The molecular weight excluding hydrogens is 266 g/mol. The number of anilines is 1. The molecule has 5 heteroatoms. The van der Waals surface area contributed by atoms with Crippen LogP contribution in [-0.4, -0.2) is 49.9 Å². The van der Waals surface area contributed by atoms with Crippen molar-refractivity contribution < 1.29 is 9.59 Å². The van der Waals surface area contributed by atoms with Gasteiger partial charge in [-0.05, 0) is 37.1 Å². The van der Waals surface area contributed by atoms with Crippen LogP contribution in [0.1, 0.15) is 18.9 Å². The van der Waals surface area contributed by atoms with E-state index < -0.39 is 11.8 Å². The highest BCUT2D eigenvalue weighted by Crippen LogP contribution is 2.15. The van der Waals surface area contributed by atoms with Crippen molar-refractivity contribution in [3.8, 4) is 0 Å². The molecule has 2 amide bonds. The molecule has 0 atom stereocenters. The average Bonchev–Trinajstić information content (AvgIpc) is 2.82. The molecule has 0 spiro atoms. The number of rotatable bonds is 2. The van der Waals surface area contributed by atoms with Gasteiger partial charge >= 0.3 is 11.8 Å². The fraction of sp³-hybridized carbons (Fsp3) is 0.500. The standard InChI is InChI=1S/C16H23N3O2/c1-3-13-5-7-14(8-6-13)18(2)15(20)16(21)19-11-4-9-17-10-12-19/h5-8,17H,3-4,9-12H2,1-2H3. The fourth-order valence-corrected chi connectivity index (χ4v) is 2.40. The first-order valence-corrected chi connectivity index (χ1v) is 7.50. The first-order valence-electron chi connectivity index (χ1n) is 7.50. The highest BCUT2D eigenvalue weighted by molar-refractivity contribution is 6.40. The van der Waals surface area contributed by atoms with E-state index in [0.717, 1.165) is 31.6 Å². The molecule has 0 aliphatic carbocycles. The van der Waals surface area contributed by atoms with Crippen LogP contribution in [0.5, 0.6) is 0 Å². The van der Waals surface area contributed by atoms with E-state index in [0.29, 0.717) is 13.1 Å². The normalized spacial score (nSPS) is 15.4. The summed E-state index contributed by atoms with van der Waals surface area (Å²) in [5, 5.41) is 3.23. The van der Waals surface area contributed by atoms with E-state index in [1.165, 1.54) is 10.5 Å². The Kier molecular flexibility index (Phi) is 5.33. The van der Waals surface area contributed by atoms with Crippen molar-refractivity contribution in [2.75, 3.05) is 38.1 Å². The Morgan fingerprint density at radius 1 is 1.19 bits per heavy atom. The highest BCUT2D eigenvalue weighted by Gasteiger charge is 2.26. The second-order valence-electron chi connectivity index (χ2n) is 5.28. The predicted molar refractivity (Wildman–Crippen MR) is 83.3 cm³/mol. The van der Waals surface area contributed by atoms with Gasteiger partial charge in [-0.1, -0.05) is 19.1 Å². The van der Waals surface area contributed by atoms with Crippen molar-refractivity contribution >= 4 is 17.5 Å². The zero-order valence-electron chi connectivity index (χ0n) is 12.8. The van der Waals surface area contributed by atoms with Crippen molar-refractivity contribution in [3.63, 3.8) is 0 Å². The fourth-order valence-electron chi connectivity index (χ4n) is 2.40. The highest BCUT2D eigenvalue weighted by atomic mass is 16.2. The lowest BCUT2D eigenvalue weighted by atomic mass is 10.1. The number of carbonyl (C=O) groups excluding carboxylic acids is 2. The molecular formula is C16H23N3O2. The number of likely N-dealkylation sites (N-methyl/N-ethyl adjacent to an activating group) is 1. The SMILES string of the molecule is CCc1ccc(N(C)C(=O)C(=O)N2CCCNCC2)cc1. The van der Waals surface area contributed by atoms with Gasteiger partial charge in [-0.25, -0.2) is 0 Å². The van der Waals surface area contributed by atoms with E-state index in [9.17, 15) is 9.59 Å². The quantitative estimate of drug-likeness (QED) is 0.828. The lowest BCUT2D eigenvalue weighted by Crippen LogP contribution is -2.45. The van der Waals surface area contributed by atoms with Gasteiger partial charge in [-0.15, -0.1) is 0 Å². The number of nitrogens with one attached hydrogen (secondary N) is 1. The number of nitrogens with zero attached hydrogens (tertiary/aromatic N) is 2. The number of amides is 2. The van der Waals surface area contributed by atoms with E-state index in [2.05, 4.69) is 12.2 Å². The lowest BCUT2D eigenvalue weighted by molar-refractivity contribution is -0.144. The van der Waals surface area contributed by atoms with Crippen molar-refractivity contribution in [2.24, 2.45) is 0 Å². The minimum Gasteiger partial charge on any atom is -0.333 e. The Morgan fingerprint density at radius 2 is 1.90 bits per heavy atom. The summed E-state index contributed by atoms with van der Waals surface area (Å²) in [4.78, 5) is 27.7. The molecule has 114 valence electrons. The molecule has 1 N–H and O–H groups in total.